The number of carbonyl (C=O) groups excluding carboxylic acids is 1. The smallest absolute Gasteiger partial charge is 0.422 e. The van der Waals surface area contributed by atoms with E-state index in [0.717, 1.165) is 5.69 Å². The molecule has 0 bridgehead atoms. The molecule has 2 unspecified atom stereocenters. The van der Waals surface area contributed by atoms with E-state index in [2.05, 4.69) is 4.72 Å². The minimum absolute atomic E-state index is 0.120. The topological polar surface area (TPSA) is 114 Å². The number of nitrogens with zero attached hydrogens (tertiary/aromatic N) is 1. The minimum atomic E-state index is -4.00. The third-order valence-corrected chi connectivity index (χ3v) is 5.45. The van der Waals surface area contributed by atoms with E-state index in [0.29, 0.717) is 18.8 Å². The predicted molar refractivity (Wildman–Crippen MR) is 95.2 cm³/mol. The molecule has 2 fully saturated rings. The highest BCUT2D eigenvalue weighted by atomic mass is 32.2. The maximum atomic E-state index is 13.2. The number of anilines is 2. The van der Waals surface area contributed by atoms with Crippen molar-refractivity contribution in [2.75, 3.05) is 23.7 Å². The Hall–Kier alpha value is -2.07. The summed E-state index contributed by atoms with van der Waals surface area (Å²) < 4.78 is 46.5. The van der Waals surface area contributed by atoms with Crippen molar-refractivity contribution in [2.45, 2.75) is 32.4 Å². The van der Waals surface area contributed by atoms with E-state index in [9.17, 15) is 17.6 Å². The molecule has 1 aliphatic heterocycles. The molecule has 0 radical (unpaired) electrons. The van der Waals surface area contributed by atoms with Crippen molar-refractivity contribution < 1.29 is 22.3 Å². The van der Waals surface area contributed by atoms with Crippen LogP contribution in [0.4, 0.5) is 20.6 Å². The Bertz CT molecular complexity index is 812. The molecule has 8 nitrogen and oxygen atoms in total. The van der Waals surface area contributed by atoms with Crippen LogP contribution in [0.3, 0.4) is 0 Å². The molecule has 2 aliphatic rings. The molecule has 1 saturated heterocycles. The van der Waals surface area contributed by atoms with Gasteiger partial charge in [-0.2, -0.15) is 13.1 Å². The molecule has 3 rings (SSSR count). The van der Waals surface area contributed by atoms with Gasteiger partial charge in [-0.1, -0.05) is 0 Å². The first-order chi connectivity index (χ1) is 12.0. The molecular formula is C16H23FN4O4S. The number of nitrogen functional groups attached to an aromatic ring is 1. The van der Waals surface area contributed by atoms with Crippen molar-refractivity contribution in [2.24, 2.45) is 11.8 Å². The largest absolute Gasteiger partial charge is 0.443 e. The van der Waals surface area contributed by atoms with Gasteiger partial charge in [0.15, 0.2) is 0 Å². The standard InChI is InChI=1S/C16H23FN4O4S/c1-16(2,3)25-15(22)20-26(23,24)19-14-10-7-21(8-11(10)14)13-5-4-9(17)6-12(13)18/h4-6,10-11,14,19H,7-8,18H2,1-3H3,(H,20,22). The number of nitrogens with two attached hydrogens (primary N) is 1. The Kier molecular flexibility index (Phi) is 4.51. The summed E-state index contributed by atoms with van der Waals surface area (Å²) in [4.78, 5) is 13.6. The lowest BCUT2D eigenvalue weighted by Crippen LogP contribution is -2.45. The van der Waals surface area contributed by atoms with Crippen LogP contribution in [0.5, 0.6) is 0 Å². The predicted octanol–water partition coefficient (Wildman–Crippen LogP) is 1.20. The van der Waals surface area contributed by atoms with Crippen LogP contribution < -0.4 is 20.1 Å². The molecule has 0 aromatic heterocycles. The summed E-state index contributed by atoms with van der Waals surface area (Å²) in [5.74, 6) is -0.154. The highest BCUT2D eigenvalue weighted by Gasteiger charge is 2.57. The maximum absolute atomic E-state index is 13.2. The minimum Gasteiger partial charge on any atom is -0.443 e. The Balaban J connectivity index is 1.54. The molecule has 1 amide bonds. The van der Waals surface area contributed by atoms with Crippen LogP contribution >= 0.6 is 0 Å². The second-order valence-electron chi connectivity index (χ2n) is 7.69. The Morgan fingerprint density at radius 2 is 1.92 bits per heavy atom. The molecule has 1 saturated carbocycles. The van der Waals surface area contributed by atoms with E-state index in [4.69, 9.17) is 10.5 Å². The van der Waals surface area contributed by atoms with Crippen molar-refractivity contribution in [3.63, 3.8) is 0 Å². The number of amides is 1. The van der Waals surface area contributed by atoms with Crippen LogP contribution in [-0.4, -0.2) is 39.2 Å². The summed E-state index contributed by atoms with van der Waals surface area (Å²) in [7, 11) is -4.00. The Morgan fingerprint density at radius 1 is 1.31 bits per heavy atom. The molecule has 1 heterocycles. The Labute approximate surface area is 152 Å². The monoisotopic (exact) mass is 386 g/mol. The third kappa shape index (κ3) is 4.18. The second kappa shape index (κ2) is 6.27. The van der Waals surface area contributed by atoms with Gasteiger partial charge in [-0.15, -0.1) is 0 Å². The van der Waals surface area contributed by atoms with Crippen LogP contribution in [0, 0.1) is 17.7 Å². The number of benzene rings is 1. The normalized spacial score (nSPS) is 24.9. The van der Waals surface area contributed by atoms with Crippen molar-refractivity contribution in [3.8, 4) is 0 Å². The van der Waals surface area contributed by atoms with E-state index < -0.39 is 27.7 Å². The van der Waals surface area contributed by atoms with Gasteiger partial charge in [-0.25, -0.2) is 13.9 Å². The van der Waals surface area contributed by atoms with Crippen LogP contribution in [0.1, 0.15) is 20.8 Å². The molecule has 26 heavy (non-hydrogen) atoms. The van der Waals surface area contributed by atoms with Gasteiger partial charge in [0.1, 0.15) is 11.4 Å². The lowest BCUT2D eigenvalue weighted by molar-refractivity contribution is 0.0569. The number of piperidine rings is 1. The second-order valence-corrected chi connectivity index (χ2v) is 9.13. The van der Waals surface area contributed by atoms with Crippen molar-refractivity contribution in [1.29, 1.82) is 0 Å². The first kappa shape index (κ1) is 18.7. The van der Waals surface area contributed by atoms with Gasteiger partial charge < -0.3 is 15.4 Å². The number of fused-ring (bicyclic) bond motifs is 1. The fraction of sp³-hybridized carbons (Fsp3) is 0.562. The molecule has 10 heteroatoms. The van der Waals surface area contributed by atoms with E-state index in [-0.39, 0.29) is 17.9 Å². The quantitative estimate of drug-likeness (QED) is 0.670. The number of ether oxygens (including phenoxy) is 1. The zero-order valence-corrected chi connectivity index (χ0v) is 15.6. The summed E-state index contributed by atoms with van der Waals surface area (Å²) in [6.07, 6.45) is -1.02. The fourth-order valence-electron chi connectivity index (χ4n) is 3.33. The molecule has 144 valence electrons. The molecule has 4 N–H and O–H groups in total. The number of hydrogen-bond acceptors (Lipinski definition) is 6. The zero-order valence-electron chi connectivity index (χ0n) is 14.8. The van der Waals surface area contributed by atoms with E-state index in [1.165, 1.54) is 12.1 Å². The van der Waals surface area contributed by atoms with Gasteiger partial charge in [0, 0.05) is 19.1 Å². The van der Waals surface area contributed by atoms with Gasteiger partial charge in [0.2, 0.25) is 0 Å². The first-order valence-corrected chi connectivity index (χ1v) is 9.76. The molecule has 1 aromatic rings. The summed E-state index contributed by atoms with van der Waals surface area (Å²) >= 11 is 0. The first-order valence-electron chi connectivity index (χ1n) is 8.28. The highest BCUT2D eigenvalue weighted by Crippen LogP contribution is 2.47. The van der Waals surface area contributed by atoms with Crippen LogP contribution in [0.15, 0.2) is 18.2 Å². The molecule has 2 atom stereocenters. The van der Waals surface area contributed by atoms with Crippen LogP contribution in [0.25, 0.3) is 0 Å². The highest BCUT2D eigenvalue weighted by molar-refractivity contribution is 7.88. The molecule has 0 spiro atoms. The number of hydrogen-bond donors (Lipinski definition) is 3. The lowest BCUT2D eigenvalue weighted by atomic mass is 10.2. The van der Waals surface area contributed by atoms with E-state index in [1.54, 1.807) is 26.8 Å². The van der Waals surface area contributed by atoms with E-state index in [1.807, 2.05) is 9.62 Å². The summed E-state index contributed by atoms with van der Waals surface area (Å²) in [6, 6.07) is 4.00. The lowest BCUT2D eigenvalue weighted by Gasteiger charge is -2.24. The number of carbonyl (C=O) groups is 1. The average molecular weight is 386 g/mol. The SMILES string of the molecule is CC(C)(C)OC(=O)NS(=O)(=O)NC1C2CN(c3ccc(F)cc3N)CC21. The van der Waals surface area contributed by atoms with E-state index >= 15 is 0 Å². The van der Waals surface area contributed by atoms with Crippen LogP contribution in [-0.2, 0) is 14.9 Å². The Morgan fingerprint density at radius 3 is 2.46 bits per heavy atom. The van der Waals surface area contributed by atoms with Gasteiger partial charge >= 0.3 is 16.3 Å². The third-order valence-electron chi connectivity index (χ3n) is 4.43. The molecule has 1 aliphatic carbocycles. The van der Waals surface area contributed by atoms with Gasteiger partial charge in [-0.3, -0.25) is 0 Å². The average Bonchev–Trinajstić information content (AvgIpc) is 2.89. The fourth-order valence-corrected chi connectivity index (χ4v) is 4.36. The zero-order chi connectivity index (χ0) is 19.3. The summed E-state index contributed by atoms with van der Waals surface area (Å²) in [5.41, 5.74) is 6.16. The number of rotatable bonds is 4. The van der Waals surface area contributed by atoms with Crippen LogP contribution in [0.2, 0.25) is 0 Å². The summed E-state index contributed by atoms with van der Waals surface area (Å²) in [6.45, 7) is 6.16. The maximum Gasteiger partial charge on any atom is 0.422 e. The van der Waals surface area contributed by atoms with Crippen molar-refractivity contribution in [3.05, 3.63) is 24.0 Å². The number of halogens is 1. The molecule has 1 aromatic carbocycles. The van der Waals surface area contributed by atoms with Gasteiger partial charge in [-0.05, 0) is 50.8 Å². The van der Waals surface area contributed by atoms with Gasteiger partial charge in [0.05, 0.1) is 11.4 Å². The summed E-state index contributed by atoms with van der Waals surface area (Å²) in [5, 5.41) is 0. The molecular weight excluding hydrogens is 363 g/mol. The van der Waals surface area contributed by atoms with Crippen molar-refractivity contribution in [1.82, 2.24) is 9.44 Å². The van der Waals surface area contributed by atoms with Gasteiger partial charge in [0.25, 0.3) is 0 Å². The van der Waals surface area contributed by atoms with Crippen molar-refractivity contribution >= 4 is 27.7 Å². The number of nitrogens with one attached hydrogen (secondary N) is 2.